The fourth-order valence-electron chi connectivity index (χ4n) is 2.97. The van der Waals surface area contributed by atoms with E-state index in [4.69, 9.17) is 0 Å². The molecule has 0 aliphatic rings. The van der Waals surface area contributed by atoms with Gasteiger partial charge in [-0.25, -0.2) is 0 Å². The lowest BCUT2D eigenvalue weighted by molar-refractivity contribution is 0.526. The Kier molecular flexibility index (Phi) is 24.7. The monoisotopic (exact) mass is 294 g/mol. The topological polar surface area (TPSA) is 0 Å². The molecular formula is C21H42. The molecule has 0 spiro atoms. The van der Waals surface area contributed by atoms with Crippen LogP contribution in [-0.2, 0) is 0 Å². The van der Waals surface area contributed by atoms with Gasteiger partial charge in [0, 0.05) is 7.43 Å². The second-order valence-corrected chi connectivity index (χ2v) is 6.66. The Morgan fingerprint density at radius 3 is 0.571 bits per heavy atom. The summed E-state index contributed by atoms with van der Waals surface area (Å²) < 4.78 is 0. The average molecular weight is 295 g/mol. The summed E-state index contributed by atoms with van der Waals surface area (Å²) in [6.07, 6.45) is 26.4. The van der Waals surface area contributed by atoms with Crippen molar-refractivity contribution in [3.8, 4) is 0 Å². The zero-order valence-corrected chi connectivity index (χ0v) is 15.2. The second kappa shape index (κ2) is 22.3. The van der Waals surface area contributed by atoms with E-state index in [1.807, 2.05) is 0 Å². The highest BCUT2D eigenvalue weighted by Crippen LogP contribution is 2.14. The first kappa shape index (κ1) is 23.3. The quantitative estimate of drug-likeness (QED) is 0.237. The molecule has 0 nitrogen and oxygen atoms in total. The Balaban J connectivity index is 0. The Labute approximate surface area is 137 Å². The highest BCUT2D eigenvalue weighted by molar-refractivity contribution is 4.49. The average Bonchev–Trinajstić information content (AvgIpc) is 2.47. The van der Waals surface area contributed by atoms with Gasteiger partial charge < -0.3 is 0 Å². The van der Waals surface area contributed by atoms with Crippen LogP contribution in [0.5, 0.6) is 0 Å². The van der Waals surface area contributed by atoms with E-state index in [1.165, 1.54) is 116 Å². The minimum absolute atomic E-state index is 0. The van der Waals surface area contributed by atoms with Gasteiger partial charge in [0.05, 0.1) is 0 Å². The van der Waals surface area contributed by atoms with E-state index in [2.05, 4.69) is 13.8 Å². The summed E-state index contributed by atoms with van der Waals surface area (Å²) in [7, 11) is 0. The predicted molar refractivity (Wildman–Crippen MR) is 97.7 cm³/mol. The highest BCUT2D eigenvalue weighted by Gasteiger charge is 1.94. The summed E-state index contributed by atoms with van der Waals surface area (Å²) in [6.45, 7) is 4.59. The molecule has 0 aromatic heterocycles. The normalized spacial score (nSPS) is 10.6. The van der Waals surface area contributed by atoms with Crippen LogP contribution in [0.3, 0.4) is 0 Å². The van der Waals surface area contributed by atoms with Crippen molar-refractivity contribution >= 4 is 0 Å². The van der Waals surface area contributed by atoms with Crippen LogP contribution in [-0.4, -0.2) is 0 Å². The van der Waals surface area contributed by atoms with Gasteiger partial charge in [0.2, 0.25) is 0 Å². The molecule has 126 valence electrons. The summed E-state index contributed by atoms with van der Waals surface area (Å²) in [6, 6.07) is 0. The van der Waals surface area contributed by atoms with E-state index < -0.39 is 0 Å². The lowest BCUT2D eigenvalue weighted by Crippen LogP contribution is -1.83. The van der Waals surface area contributed by atoms with E-state index >= 15 is 0 Å². The summed E-state index contributed by atoms with van der Waals surface area (Å²) in [5.41, 5.74) is 0. The lowest BCUT2D eigenvalue weighted by atomic mass is 10.0. The van der Waals surface area contributed by atoms with Gasteiger partial charge in [-0.1, -0.05) is 129 Å². The van der Waals surface area contributed by atoms with Crippen molar-refractivity contribution in [3.63, 3.8) is 0 Å². The molecule has 0 heterocycles. The van der Waals surface area contributed by atoms with E-state index in [1.54, 1.807) is 0 Å². The molecule has 0 bridgehead atoms. The van der Waals surface area contributed by atoms with Crippen molar-refractivity contribution in [2.45, 2.75) is 129 Å². The first-order valence-electron chi connectivity index (χ1n) is 9.91. The van der Waals surface area contributed by atoms with Crippen molar-refractivity contribution < 1.29 is 0 Å². The van der Waals surface area contributed by atoms with Gasteiger partial charge in [-0.3, -0.25) is 0 Å². The van der Waals surface area contributed by atoms with Crippen molar-refractivity contribution in [1.29, 1.82) is 0 Å². The third-order valence-corrected chi connectivity index (χ3v) is 4.46. The predicted octanol–water partition coefficient (Wildman–Crippen LogP) is 8.13. The Bertz CT molecular complexity index is 132. The maximum absolute atomic E-state index is 2.30. The molecule has 0 aliphatic carbocycles. The van der Waals surface area contributed by atoms with Gasteiger partial charge in [-0.05, 0) is 0 Å². The molecule has 0 aromatic rings. The second-order valence-electron chi connectivity index (χ2n) is 6.66. The minimum atomic E-state index is 0. The number of unbranched alkanes of at least 4 members (excludes halogenated alkanes) is 17. The van der Waals surface area contributed by atoms with E-state index in [9.17, 15) is 0 Å². The van der Waals surface area contributed by atoms with Crippen molar-refractivity contribution in [1.82, 2.24) is 0 Å². The van der Waals surface area contributed by atoms with Crippen LogP contribution in [0.1, 0.15) is 129 Å². The van der Waals surface area contributed by atoms with Crippen LogP contribution >= 0.6 is 0 Å². The summed E-state index contributed by atoms with van der Waals surface area (Å²) in [5, 5.41) is 0. The van der Waals surface area contributed by atoms with Crippen LogP contribution in [0.2, 0.25) is 0 Å². The number of hydrogen-bond donors (Lipinski definition) is 0. The van der Waals surface area contributed by atoms with E-state index in [0.717, 1.165) is 0 Å². The largest absolute Gasteiger partial charge is 0.0654 e. The fraction of sp³-hybridized carbons (Fsp3) is 0.952. The van der Waals surface area contributed by atoms with Crippen LogP contribution in [0, 0.1) is 7.43 Å². The van der Waals surface area contributed by atoms with Gasteiger partial charge in [0.25, 0.3) is 0 Å². The molecule has 21 heavy (non-hydrogen) atoms. The van der Waals surface area contributed by atoms with Crippen LogP contribution < -0.4 is 0 Å². The van der Waals surface area contributed by atoms with Gasteiger partial charge in [-0.15, -0.1) is 0 Å². The minimum Gasteiger partial charge on any atom is -0.0654 e. The van der Waals surface area contributed by atoms with Gasteiger partial charge in [-0.2, -0.15) is 0 Å². The SMILES string of the molecule is CCCCCCCCCCCCCCCCCCCC.[C]. The van der Waals surface area contributed by atoms with Crippen LogP contribution in [0.25, 0.3) is 0 Å². The fourth-order valence-corrected chi connectivity index (χ4v) is 2.97. The molecule has 0 rings (SSSR count). The third-order valence-electron chi connectivity index (χ3n) is 4.46. The van der Waals surface area contributed by atoms with Gasteiger partial charge in [0.1, 0.15) is 0 Å². The Hall–Kier alpha value is 0. The molecule has 0 unspecified atom stereocenters. The zero-order chi connectivity index (χ0) is 14.7. The van der Waals surface area contributed by atoms with E-state index in [-0.39, 0.29) is 7.43 Å². The van der Waals surface area contributed by atoms with Crippen LogP contribution in [0.4, 0.5) is 0 Å². The smallest absolute Gasteiger partial charge is 0 e. The number of hydrogen-bond acceptors (Lipinski definition) is 0. The first-order chi connectivity index (χ1) is 9.91. The van der Waals surface area contributed by atoms with Gasteiger partial charge in [0.15, 0.2) is 0 Å². The number of rotatable bonds is 17. The molecule has 0 aromatic carbocycles. The molecule has 0 atom stereocenters. The summed E-state index contributed by atoms with van der Waals surface area (Å²) in [4.78, 5) is 0. The Morgan fingerprint density at radius 1 is 0.286 bits per heavy atom. The molecule has 4 radical (unpaired) electrons. The van der Waals surface area contributed by atoms with Crippen molar-refractivity contribution in [2.75, 3.05) is 0 Å². The molecule has 0 fully saturated rings. The maximum Gasteiger partial charge on any atom is 0 e. The van der Waals surface area contributed by atoms with E-state index in [0.29, 0.717) is 0 Å². The summed E-state index contributed by atoms with van der Waals surface area (Å²) in [5.74, 6) is 0. The molecule has 0 saturated heterocycles. The van der Waals surface area contributed by atoms with Gasteiger partial charge >= 0.3 is 0 Å². The highest BCUT2D eigenvalue weighted by atomic mass is 14.0. The maximum atomic E-state index is 2.30. The molecule has 0 aliphatic heterocycles. The van der Waals surface area contributed by atoms with Crippen molar-refractivity contribution in [3.05, 3.63) is 7.43 Å². The molecule has 0 N–H and O–H groups in total. The van der Waals surface area contributed by atoms with Crippen molar-refractivity contribution in [2.24, 2.45) is 0 Å². The first-order valence-corrected chi connectivity index (χ1v) is 9.91. The zero-order valence-electron chi connectivity index (χ0n) is 15.2. The molecular weight excluding hydrogens is 252 g/mol. The van der Waals surface area contributed by atoms with Crippen LogP contribution in [0.15, 0.2) is 0 Å². The molecule has 0 heteroatoms. The standard InChI is InChI=1S/C20H42.C/c1-3-5-7-9-11-13-15-17-19-20-18-16-14-12-10-8-6-4-2;/h3-20H2,1-2H3;. The lowest BCUT2D eigenvalue weighted by Gasteiger charge is -2.03. The summed E-state index contributed by atoms with van der Waals surface area (Å²) >= 11 is 0. The third kappa shape index (κ3) is 22.4. The molecule has 0 amide bonds. The Morgan fingerprint density at radius 2 is 0.429 bits per heavy atom. The molecule has 0 saturated carbocycles.